The van der Waals surface area contributed by atoms with Crippen molar-refractivity contribution in [2.45, 2.75) is 20.3 Å². The molecule has 0 saturated carbocycles. The number of thiocarbonyl (C=S) groups is 1. The van der Waals surface area contributed by atoms with E-state index < -0.39 is 0 Å². The zero-order valence-electron chi connectivity index (χ0n) is 5.23. The van der Waals surface area contributed by atoms with E-state index in [2.05, 4.69) is 5.48 Å². The molecule has 2 nitrogen and oxygen atoms in total. The fourth-order valence-corrected chi connectivity index (χ4v) is 0.284. The Labute approximate surface area is 55.2 Å². The molecule has 0 amide bonds. The molecule has 0 fully saturated rings. The molecule has 0 rings (SSSR count). The van der Waals surface area contributed by atoms with Crippen LogP contribution in [0.4, 0.5) is 0 Å². The number of hydrogen-bond acceptors (Lipinski definition) is 2. The average Bonchev–Trinajstić information content (AvgIpc) is 1.83. The van der Waals surface area contributed by atoms with Gasteiger partial charge in [-0.15, -0.1) is 0 Å². The van der Waals surface area contributed by atoms with E-state index in [9.17, 15) is 0 Å². The molecular formula is C5H11NOS. The number of nitrogens with one attached hydrogen (secondary N) is 1. The number of hydroxylamine groups is 1. The summed E-state index contributed by atoms with van der Waals surface area (Å²) in [4.78, 5) is 5.55. The number of rotatable bonds is 3. The third kappa shape index (κ3) is 4.02. The highest BCUT2D eigenvalue weighted by Crippen LogP contribution is 1.78. The Bertz CT molecular complexity index is 74.8. The zero-order chi connectivity index (χ0) is 6.41. The Morgan fingerprint density at radius 2 is 2.25 bits per heavy atom. The van der Waals surface area contributed by atoms with Crippen LogP contribution in [-0.4, -0.2) is 11.6 Å². The largest absolute Gasteiger partial charge is 0.276 e. The van der Waals surface area contributed by atoms with Crippen LogP contribution in [0.25, 0.3) is 0 Å². The summed E-state index contributed by atoms with van der Waals surface area (Å²) < 4.78 is 0. The summed E-state index contributed by atoms with van der Waals surface area (Å²) in [5.41, 5.74) is 2.61. The molecule has 0 aliphatic heterocycles. The van der Waals surface area contributed by atoms with Crippen LogP contribution >= 0.6 is 12.2 Å². The molecule has 0 aromatic heterocycles. The molecule has 0 saturated heterocycles. The summed E-state index contributed by atoms with van der Waals surface area (Å²) in [6, 6.07) is 0. The minimum atomic E-state index is 0.653. The molecule has 0 bridgehead atoms. The fraction of sp³-hybridized carbons (Fsp3) is 0.800. The molecule has 0 atom stereocenters. The lowest BCUT2D eigenvalue weighted by molar-refractivity contribution is 0.0974. The van der Waals surface area contributed by atoms with E-state index in [4.69, 9.17) is 17.1 Å². The predicted octanol–water partition coefficient (Wildman–Crippen LogP) is 1.26. The van der Waals surface area contributed by atoms with Gasteiger partial charge in [-0.3, -0.25) is 10.3 Å². The van der Waals surface area contributed by atoms with E-state index >= 15 is 0 Å². The topological polar surface area (TPSA) is 21.3 Å². The van der Waals surface area contributed by atoms with Crippen molar-refractivity contribution in [2.24, 2.45) is 0 Å². The highest BCUT2D eigenvalue weighted by Gasteiger charge is 1.85. The summed E-state index contributed by atoms with van der Waals surface area (Å²) in [6.45, 7) is 4.54. The van der Waals surface area contributed by atoms with Crippen molar-refractivity contribution in [2.75, 3.05) is 6.61 Å². The first kappa shape index (κ1) is 7.85. The van der Waals surface area contributed by atoms with E-state index in [1.807, 2.05) is 13.8 Å². The highest BCUT2D eigenvalue weighted by molar-refractivity contribution is 7.80. The monoisotopic (exact) mass is 133 g/mol. The van der Waals surface area contributed by atoms with Crippen molar-refractivity contribution < 1.29 is 4.84 Å². The third-order valence-electron chi connectivity index (χ3n) is 0.651. The Hall–Kier alpha value is -0.150. The summed E-state index contributed by atoms with van der Waals surface area (Å²) >= 11 is 4.78. The van der Waals surface area contributed by atoms with E-state index in [0.29, 0.717) is 6.61 Å². The Kier molecular flexibility index (Phi) is 4.90. The first-order valence-corrected chi connectivity index (χ1v) is 3.12. The van der Waals surface area contributed by atoms with Crippen molar-refractivity contribution in [1.29, 1.82) is 0 Å². The van der Waals surface area contributed by atoms with Crippen LogP contribution in [-0.2, 0) is 4.84 Å². The van der Waals surface area contributed by atoms with Gasteiger partial charge in [-0.2, -0.15) is 0 Å². The number of hydrogen-bond donors (Lipinski definition) is 1. The molecule has 0 radical (unpaired) electrons. The normalized spacial score (nSPS) is 8.75. The molecule has 48 valence electrons. The van der Waals surface area contributed by atoms with E-state index in [0.717, 1.165) is 11.4 Å². The molecule has 0 aromatic carbocycles. The van der Waals surface area contributed by atoms with Gasteiger partial charge in [0.25, 0.3) is 0 Å². The van der Waals surface area contributed by atoms with Crippen LogP contribution in [0.15, 0.2) is 0 Å². The van der Waals surface area contributed by atoms with Crippen LogP contribution in [0.5, 0.6) is 0 Å². The van der Waals surface area contributed by atoms with E-state index in [1.54, 1.807) is 0 Å². The lowest BCUT2D eigenvalue weighted by Crippen LogP contribution is -2.20. The average molecular weight is 133 g/mol. The Balaban J connectivity index is 2.99. The van der Waals surface area contributed by atoms with E-state index in [1.165, 1.54) is 0 Å². The summed E-state index contributed by atoms with van der Waals surface area (Å²) in [6.07, 6.45) is 0.843. The van der Waals surface area contributed by atoms with Crippen LogP contribution in [0.3, 0.4) is 0 Å². The maximum absolute atomic E-state index is 4.79. The molecular weight excluding hydrogens is 122 g/mol. The maximum atomic E-state index is 4.79. The molecule has 3 heteroatoms. The van der Waals surface area contributed by atoms with Gasteiger partial charge < -0.3 is 0 Å². The molecule has 1 N–H and O–H groups in total. The Morgan fingerprint density at radius 1 is 1.62 bits per heavy atom. The second-order valence-corrected chi connectivity index (χ2v) is 1.80. The zero-order valence-corrected chi connectivity index (χ0v) is 6.05. The summed E-state index contributed by atoms with van der Waals surface area (Å²) in [5.74, 6) is 0. The third-order valence-corrected chi connectivity index (χ3v) is 1.02. The van der Waals surface area contributed by atoms with Gasteiger partial charge in [0.1, 0.15) is 4.99 Å². The Morgan fingerprint density at radius 3 is 2.62 bits per heavy atom. The standard InChI is InChI=1S/C5H11NOS/c1-3-5(8)6-7-4-2/h3-4H2,1-2H3,(H,6,8). The van der Waals surface area contributed by atoms with Crippen molar-refractivity contribution in [3.05, 3.63) is 0 Å². The smallest absolute Gasteiger partial charge is 0.100 e. The first-order valence-electron chi connectivity index (χ1n) is 2.71. The van der Waals surface area contributed by atoms with Gasteiger partial charge in [0.15, 0.2) is 0 Å². The molecule has 0 aliphatic carbocycles. The summed E-state index contributed by atoms with van der Waals surface area (Å²) in [7, 11) is 0. The van der Waals surface area contributed by atoms with Gasteiger partial charge in [0.2, 0.25) is 0 Å². The summed E-state index contributed by atoms with van der Waals surface area (Å²) in [5, 5.41) is 0. The SMILES string of the molecule is CCONC(=S)CC. The van der Waals surface area contributed by atoms with Gasteiger partial charge >= 0.3 is 0 Å². The van der Waals surface area contributed by atoms with Crippen LogP contribution in [0.2, 0.25) is 0 Å². The van der Waals surface area contributed by atoms with Crippen molar-refractivity contribution in [3.63, 3.8) is 0 Å². The van der Waals surface area contributed by atoms with Crippen LogP contribution in [0.1, 0.15) is 20.3 Å². The van der Waals surface area contributed by atoms with Gasteiger partial charge in [-0.25, -0.2) is 0 Å². The van der Waals surface area contributed by atoms with Gasteiger partial charge in [0.05, 0.1) is 6.61 Å². The van der Waals surface area contributed by atoms with Crippen LogP contribution < -0.4 is 5.48 Å². The molecule has 0 unspecified atom stereocenters. The van der Waals surface area contributed by atoms with E-state index in [-0.39, 0.29) is 0 Å². The lowest BCUT2D eigenvalue weighted by atomic mass is 10.5. The first-order chi connectivity index (χ1) is 3.81. The van der Waals surface area contributed by atoms with Gasteiger partial charge in [-0.05, 0) is 13.3 Å². The predicted molar refractivity (Wildman–Crippen MR) is 37.7 cm³/mol. The van der Waals surface area contributed by atoms with Gasteiger partial charge in [-0.1, -0.05) is 19.1 Å². The van der Waals surface area contributed by atoms with Crippen LogP contribution in [0, 0.1) is 0 Å². The highest BCUT2D eigenvalue weighted by atomic mass is 32.1. The van der Waals surface area contributed by atoms with Gasteiger partial charge in [0, 0.05) is 0 Å². The maximum Gasteiger partial charge on any atom is 0.100 e. The fourth-order valence-electron chi connectivity index (χ4n) is 0.225. The molecule has 0 aromatic rings. The molecule has 0 aliphatic rings. The quantitative estimate of drug-likeness (QED) is 0.462. The molecule has 8 heavy (non-hydrogen) atoms. The van der Waals surface area contributed by atoms with Crippen molar-refractivity contribution in [3.8, 4) is 0 Å². The minimum Gasteiger partial charge on any atom is -0.276 e. The second-order valence-electron chi connectivity index (χ2n) is 1.31. The second kappa shape index (κ2) is 5.00. The molecule has 0 spiro atoms. The van der Waals surface area contributed by atoms with Crippen molar-refractivity contribution in [1.82, 2.24) is 5.48 Å². The molecule has 0 heterocycles. The van der Waals surface area contributed by atoms with Crippen molar-refractivity contribution >= 4 is 17.2 Å². The minimum absolute atomic E-state index is 0.653. The lowest BCUT2D eigenvalue weighted by Gasteiger charge is -2.01.